The molecule has 8 heteroatoms. The lowest BCUT2D eigenvalue weighted by molar-refractivity contribution is -0.386. The number of hydrogen-bond donors (Lipinski definition) is 2. The van der Waals surface area contributed by atoms with Gasteiger partial charge in [0, 0.05) is 12.4 Å². The van der Waals surface area contributed by atoms with E-state index in [4.69, 9.17) is 4.74 Å². The Morgan fingerprint density at radius 2 is 2.14 bits per heavy atom. The Bertz CT molecular complexity index is 696. The molecule has 22 heavy (non-hydrogen) atoms. The summed E-state index contributed by atoms with van der Waals surface area (Å²) in [6.45, 7) is 3.22. The molecule has 0 saturated heterocycles. The van der Waals surface area contributed by atoms with Crippen molar-refractivity contribution in [3.05, 3.63) is 57.2 Å². The van der Waals surface area contributed by atoms with Gasteiger partial charge < -0.3 is 14.8 Å². The van der Waals surface area contributed by atoms with Gasteiger partial charge in [-0.05, 0) is 31.5 Å². The average molecular weight is 305 g/mol. The molecule has 0 aliphatic rings. The summed E-state index contributed by atoms with van der Waals surface area (Å²) in [5.41, 5.74) is 0.141. The number of aromatic nitrogens is 2. The third kappa shape index (κ3) is 2.82. The highest BCUT2D eigenvalue weighted by molar-refractivity contribution is 5.91. The van der Waals surface area contributed by atoms with E-state index in [0.717, 1.165) is 0 Å². The second-order valence-corrected chi connectivity index (χ2v) is 4.55. The number of carbonyl (C=O) groups excluding carboxylic acids is 1. The Hall–Kier alpha value is -2.74. The van der Waals surface area contributed by atoms with Crippen LogP contribution in [0.15, 0.2) is 24.5 Å². The van der Waals surface area contributed by atoms with Crippen molar-refractivity contribution in [2.45, 2.75) is 20.0 Å². The van der Waals surface area contributed by atoms with Crippen LogP contribution in [0.5, 0.6) is 0 Å². The normalized spacial score (nSPS) is 12.0. The zero-order valence-corrected chi connectivity index (χ0v) is 12.1. The van der Waals surface area contributed by atoms with Gasteiger partial charge in [-0.3, -0.25) is 15.1 Å². The molecule has 8 nitrogen and oxygen atoms in total. The summed E-state index contributed by atoms with van der Waals surface area (Å²) in [6, 6.07) is 3.07. The van der Waals surface area contributed by atoms with Crippen LogP contribution in [0.2, 0.25) is 0 Å². The lowest BCUT2D eigenvalue weighted by atomic mass is 10.1. The highest BCUT2D eigenvalue weighted by Crippen LogP contribution is 2.34. The molecular formula is C14H15N3O5. The number of carbonyl (C=O) groups is 1. The summed E-state index contributed by atoms with van der Waals surface area (Å²) in [5, 5.41) is 21.6. The maximum Gasteiger partial charge on any atom is 0.355 e. The molecule has 0 spiro atoms. The molecule has 2 heterocycles. The molecule has 2 rings (SSSR count). The number of hydrogen-bond acceptors (Lipinski definition) is 6. The smallest absolute Gasteiger partial charge is 0.355 e. The summed E-state index contributed by atoms with van der Waals surface area (Å²) < 4.78 is 4.86. The quantitative estimate of drug-likeness (QED) is 0.494. The maximum atomic E-state index is 11.8. The van der Waals surface area contributed by atoms with Crippen LogP contribution in [0.25, 0.3) is 0 Å². The van der Waals surface area contributed by atoms with Crippen LogP contribution in [0, 0.1) is 17.0 Å². The van der Waals surface area contributed by atoms with E-state index < -0.39 is 17.0 Å². The SMILES string of the molecule is CCOC(=O)c1[nH]c(C(O)c2ccncc2)c([N+](=O)[O-])c1C. The molecule has 2 N–H and O–H groups in total. The third-order valence-corrected chi connectivity index (χ3v) is 3.20. The predicted octanol–water partition coefficient (Wildman–Crippen LogP) is 1.88. The van der Waals surface area contributed by atoms with E-state index >= 15 is 0 Å². The van der Waals surface area contributed by atoms with Gasteiger partial charge in [0.25, 0.3) is 5.69 Å². The monoisotopic (exact) mass is 305 g/mol. The first kappa shape index (κ1) is 15.6. The van der Waals surface area contributed by atoms with Crippen LogP contribution < -0.4 is 0 Å². The van der Waals surface area contributed by atoms with Gasteiger partial charge >= 0.3 is 5.97 Å². The Balaban J connectivity index is 2.53. The summed E-state index contributed by atoms with van der Waals surface area (Å²) in [7, 11) is 0. The van der Waals surface area contributed by atoms with E-state index in [9.17, 15) is 20.0 Å². The first-order chi connectivity index (χ1) is 10.5. The number of esters is 1. The van der Waals surface area contributed by atoms with Crippen molar-refractivity contribution in [2.75, 3.05) is 6.61 Å². The van der Waals surface area contributed by atoms with Gasteiger partial charge in [-0.15, -0.1) is 0 Å². The van der Waals surface area contributed by atoms with Crippen LogP contribution in [0.1, 0.15) is 40.3 Å². The Morgan fingerprint density at radius 1 is 1.50 bits per heavy atom. The molecule has 0 radical (unpaired) electrons. The molecule has 0 bridgehead atoms. The van der Waals surface area contributed by atoms with Gasteiger partial charge in [-0.25, -0.2) is 4.79 Å². The minimum absolute atomic E-state index is 0.0309. The molecule has 0 aliphatic carbocycles. The topological polar surface area (TPSA) is 118 Å². The summed E-state index contributed by atoms with van der Waals surface area (Å²) in [4.78, 5) is 28.9. The van der Waals surface area contributed by atoms with Gasteiger partial charge in [-0.2, -0.15) is 0 Å². The predicted molar refractivity (Wildman–Crippen MR) is 76.4 cm³/mol. The summed E-state index contributed by atoms with van der Waals surface area (Å²) in [5.74, 6) is -0.698. The van der Waals surface area contributed by atoms with Gasteiger partial charge in [0.15, 0.2) is 0 Å². The minimum Gasteiger partial charge on any atom is -0.461 e. The van der Waals surface area contributed by atoms with E-state index in [1.807, 2.05) is 0 Å². The molecule has 0 amide bonds. The molecule has 0 saturated carbocycles. The fourth-order valence-electron chi connectivity index (χ4n) is 2.16. The number of ether oxygens (including phenoxy) is 1. The standard InChI is InChI=1S/C14H15N3O5/c1-3-22-14(19)10-8(2)12(17(20)21)11(16-10)13(18)9-4-6-15-7-5-9/h4-7,13,16,18H,3H2,1-2H3. The van der Waals surface area contributed by atoms with Crippen LogP contribution in [-0.2, 0) is 4.74 Å². The largest absolute Gasteiger partial charge is 0.461 e. The molecule has 116 valence electrons. The zero-order valence-electron chi connectivity index (χ0n) is 12.1. The molecule has 0 aliphatic heterocycles. The van der Waals surface area contributed by atoms with Gasteiger partial charge in [-0.1, -0.05) is 0 Å². The number of H-pyrrole nitrogens is 1. The summed E-state index contributed by atoms with van der Waals surface area (Å²) >= 11 is 0. The molecule has 1 atom stereocenters. The summed E-state index contributed by atoms with van der Waals surface area (Å²) in [6.07, 6.45) is 1.66. The van der Waals surface area contributed by atoms with E-state index in [1.165, 1.54) is 31.5 Å². The van der Waals surface area contributed by atoms with Crippen LogP contribution in [-0.4, -0.2) is 32.6 Å². The number of aliphatic hydroxyl groups excluding tert-OH is 1. The highest BCUT2D eigenvalue weighted by Gasteiger charge is 2.32. The van der Waals surface area contributed by atoms with E-state index in [2.05, 4.69) is 9.97 Å². The van der Waals surface area contributed by atoms with Crippen molar-refractivity contribution in [3.63, 3.8) is 0 Å². The maximum absolute atomic E-state index is 11.8. The second-order valence-electron chi connectivity index (χ2n) is 4.55. The number of aliphatic hydroxyl groups is 1. The van der Waals surface area contributed by atoms with E-state index in [-0.39, 0.29) is 29.2 Å². The van der Waals surface area contributed by atoms with Crippen molar-refractivity contribution in [1.82, 2.24) is 9.97 Å². The van der Waals surface area contributed by atoms with Crippen molar-refractivity contribution in [2.24, 2.45) is 0 Å². The Labute approximate surface area is 125 Å². The first-order valence-electron chi connectivity index (χ1n) is 6.59. The van der Waals surface area contributed by atoms with Crippen molar-refractivity contribution < 1.29 is 19.6 Å². The number of rotatable bonds is 5. The molecular weight excluding hydrogens is 290 g/mol. The Kier molecular flexibility index (Phi) is 4.52. The molecule has 0 fully saturated rings. The minimum atomic E-state index is -1.27. The highest BCUT2D eigenvalue weighted by atomic mass is 16.6. The lowest BCUT2D eigenvalue weighted by Crippen LogP contribution is -2.07. The van der Waals surface area contributed by atoms with E-state index in [1.54, 1.807) is 6.92 Å². The number of nitrogens with zero attached hydrogens (tertiary/aromatic N) is 2. The molecule has 0 aromatic carbocycles. The fourth-order valence-corrected chi connectivity index (χ4v) is 2.16. The van der Waals surface area contributed by atoms with Crippen LogP contribution in [0.4, 0.5) is 5.69 Å². The van der Waals surface area contributed by atoms with Crippen molar-refractivity contribution >= 4 is 11.7 Å². The van der Waals surface area contributed by atoms with E-state index in [0.29, 0.717) is 5.56 Å². The number of nitrogens with one attached hydrogen (secondary N) is 1. The average Bonchev–Trinajstić information content (AvgIpc) is 2.85. The number of nitro groups is 1. The van der Waals surface area contributed by atoms with Gasteiger partial charge in [0.2, 0.25) is 0 Å². The number of pyridine rings is 1. The molecule has 2 aromatic heterocycles. The van der Waals surface area contributed by atoms with Crippen molar-refractivity contribution in [3.8, 4) is 0 Å². The molecule has 1 unspecified atom stereocenters. The molecule has 2 aromatic rings. The van der Waals surface area contributed by atoms with Gasteiger partial charge in [0.1, 0.15) is 17.5 Å². The van der Waals surface area contributed by atoms with Crippen LogP contribution in [0.3, 0.4) is 0 Å². The Morgan fingerprint density at radius 3 is 2.68 bits per heavy atom. The first-order valence-corrected chi connectivity index (χ1v) is 6.59. The fraction of sp³-hybridized carbons (Fsp3) is 0.286. The van der Waals surface area contributed by atoms with Crippen molar-refractivity contribution in [1.29, 1.82) is 0 Å². The van der Waals surface area contributed by atoms with Gasteiger partial charge in [0.05, 0.1) is 17.1 Å². The number of aromatic amines is 1. The van der Waals surface area contributed by atoms with Crippen LogP contribution >= 0.6 is 0 Å². The third-order valence-electron chi connectivity index (χ3n) is 3.20. The zero-order chi connectivity index (χ0) is 16.3. The second kappa shape index (κ2) is 6.35. The lowest BCUT2D eigenvalue weighted by Gasteiger charge is -2.08.